The van der Waals surface area contributed by atoms with Crippen LogP contribution in [0.2, 0.25) is 0 Å². The number of esters is 1. The first-order chi connectivity index (χ1) is 7.42. The summed E-state index contributed by atoms with van der Waals surface area (Å²) < 4.78 is 4.83. The Labute approximate surface area is 96.0 Å². The second kappa shape index (κ2) is 4.68. The van der Waals surface area contributed by atoms with Crippen LogP contribution in [0.1, 0.15) is 34.1 Å². The zero-order valence-electron chi connectivity index (χ0n) is 10.3. The van der Waals surface area contributed by atoms with Crippen LogP contribution in [0.15, 0.2) is 11.8 Å². The van der Waals surface area contributed by atoms with Gasteiger partial charge in [0.05, 0.1) is 6.61 Å². The van der Waals surface area contributed by atoms with E-state index in [9.17, 15) is 9.59 Å². The fourth-order valence-electron chi connectivity index (χ4n) is 1.58. The second-order valence-corrected chi connectivity index (χ2v) is 4.66. The third kappa shape index (κ3) is 2.84. The minimum absolute atomic E-state index is 0.0110. The van der Waals surface area contributed by atoms with E-state index in [0.717, 1.165) is 6.42 Å². The standard InChI is InChI=1S/C12H19NO3/c1-5-9(11(15)16-6-2)13-10(14)8-7-12(8,3)4/h5,8H,6-7H2,1-4H3,(H,13,14). The third-order valence-electron chi connectivity index (χ3n) is 2.87. The molecular weight excluding hydrogens is 206 g/mol. The Morgan fingerprint density at radius 1 is 1.50 bits per heavy atom. The van der Waals surface area contributed by atoms with E-state index in [0.29, 0.717) is 6.61 Å². The van der Waals surface area contributed by atoms with Gasteiger partial charge in [0, 0.05) is 5.92 Å². The summed E-state index contributed by atoms with van der Waals surface area (Å²) in [4.78, 5) is 23.1. The lowest BCUT2D eigenvalue weighted by atomic mass is 10.1. The first-order valence-corrected chi connectivity index (χ1v) is 5.56. The normalized spacial score (nSPS) is 22.5. The highest BCUT2D eigenvalue weighted by Crippen LogP contribution is 2.51. The quantitative estimate of drug-likeness (QED) is 0.584. The summed E-state index contributed by atoms with van der Waals surface area (Å²) in [5, 5.41) is 2.62. The van der Waals surface area contributed by atoms with Crippen molar-refractivity contribution in [3.63, 3.8) is 0 Å². The Bertz CT molecular complexity index is 331. The number of nitrogens with one attached hydrogen (secondary N) is 1. The zero-order chi connectivity index (χ0) is 12.3. The molecule has 1 unspecified atom stereocenters. The summed E-state index contributed by atoms with van der Waals surface area (Å²) in [7, 11) is 0. The molecule has 0 heterocycles. The number of rotatable bonds is 4. The zero-order valence-corrected chi connectivity index (χ0v) is 10.3. The Kier molecular flexibility index (Phi) is 3.73. The molecule has 4 heteroatoms. The molecule has 0 aromatic heterocycles. The van der Waals surface area contributed by atoms with Crippen LogP contribution in [0.25, 0.3) is 0 Å². The lowest BCUT2D eigenvalue weighted by molar-refractivity contribution is -0.140. The molecule has 1 saturated carbocycles. The highest BCUT2D eigenvalue weighted by Gasteiger charge is 2.50. The molecule has 0 aromatic carbocycles. The molecule has 0 bridgehead atoms. The van der Waals surface area contributed by atoms with Crippen LogP contribution in [0.4, 0.5) is 0 Å². The van der Waals surface area contributed by atoms with Gasteiger partial charge < -0.3 is 10.1 Å². The van der Waals surface area contributed by atoms with Crippen molar-refractivity contribution in [3.8, 4) is 0 Å². The minimum Gasteiger partial charge on any atom is -0.461 e. The van der Waals surface area contributed by atoms with E-state index in [1.54, 1.807) is 19.9 Å². The van der Waals surface area contributed by atoms with Crippen molar-refractivity contribution in [2.75, 3.05) is 6.61 Å². The highest BCUT2D eigenvalue weighted by molar-refractivity contribution is 5.95. The van der Waals surface area contributed by atoms with Crippen LogP contribution in [0.3, 0.4) is 0 Å². The van der Waals surface area contributed by atoms with Crippen LogP contribution in [0, 0.1) is 11.3 Å². The fourth-order valence-corrected chi connectivity index (χ4v) is 1.58. The molecule has 4 nitrogen and oxygen atoms in total. The van der Waals surface area contributed by atoms with Crippen molar-refractivity contribution in [2.45, 2.75) is 34.1 Å². The molecule has 1 aliphatic rings. The second-order valence-electron chi connectivity index (χ2n) is 4.66. The van der Waals surface area contributed by atoms with E-state index in [2.05, 4.69) is 5.32 Å². The predicted octanol–water partition coefficient (Wildman–Crippen LogP) is 1.62. The van der Waals surface area contributed by atoms with Crippen molar-refractivity contribution >= 4 is 11.9 Å². The van der Waals surface area contributed by atoms with E-state index in [1.807, 2.05) is 13.8 Å². The molecule has 1 N–H and O–H groups in total. The number of amides is 1. The van der Waals surface area contributed by atoms with Gasteiger partial charge in [-0.15, -0.1) is 0 Å². The maximum atomic E-state index is 11.7. The van der Waals surface area contributed by atoms with Gasteiger partial charge in [-0.25, -0.2) is 4.79 Å². The largest absolute Gasteiger partial charge is 0.461 e. The Morgan fingerprint density at radius 2 is 2.06 bits per heavy atom. The predicted molar refractivity (Wildman–Crippen MR) is 60.4 cm³/mol. The van der Waals surface area contributed by atoms with Gasteiger partial charge >= 0.3 is 5.97 Å². The number of hydrogen-bond donors (Lipinski definition) is 1. The van der Waals surface area contributed by atoms with Crippen LogP contribution >= 0.6 is 0 Å². The molecule has 1 aliphatic carbocycles. The van der Waals surface area contributed by atoms with Crippen LogP contribution < -0.4 is 5.32 Å². The van der Waals surface area contributed by atoms with Gasteiger partial charge in [-0.3, -0.25) is 4.79 Å². The Balaban J connectivity index is 2.52. The van der Waals surface area contributed by atoms with Crippen molar-refractivity contribution in [1.29, 1.82) is 0 Å². The summed E-state index contributed by atoms with van der Waals surface area (Å²) >= 11 is 0. The van der Waals surface area contributed by atoms with Crippen molar-refractivity contribution in [2.24, 2.45) is 11.3 Å². The van der Waals surface area contributed by atoms with Gasteiger partial charge in [-0.1, -0.05) is 19.9 Å². The van der Waals surface area contributed by atoms with E-state index >= 15 is 0 Å². The summed E-state index contributed by atoms with van der Waals surface area (Å²) in [6.45, 7) is 7.82. The van der Waals surface area contributed by atoms with Gasteiger partial charge in [0.15, 0.2) is 0 Å². The number of carbonyl (C=O) groups excluding carboxylic acids is 2. The minimum atomic E-state index is -0.475. The van der Waals surface area contributed by atoms with E-state index in [4.69, 9.17) is 4.74 Å². The molecule has 16 heavy (non-hydrogen) atoms. The first-order valence-electron chi connectivity index (χ1n) is 5.56. The highest BCUT2D eigenvalue weighted by atomic mass is 16.5. The molecule has 0 saturated heterocycles. The summed E-state index contributed by atoms with van der Waals surface area (Å²) in [5.74, 6) is -0.556. The van der Waals surface area contributed by atoms with E-state index in [-0.39, 0.29) is 22.9 Å². The lowest BCUT2D eigenvalue weighted by Gasteiger charge is -2.09. The van der Waals surface area contributed by atoms with Crippen molar-refractivity contribution < 1.29 is 14.3 Å². The van der Waals surface area contributed by atoms with E-state index in [1.165, 1.54) is 0 Å². The van der Waals surface area contributed by atoms with Crippen molar-refractivity contribution in [3.05, 3.63) is 11.8 Å². The smallest absolute Gasteiger partial charge is 0.354 e. The number of ether oxygens (including phenoxy) is 1. The van der Waals surface area contributed by atoms with E-state index < -0.39 is 5.97 Å². The number of allylic oxidation sites excluding steroid dienone is 1. The van der Waals surface area contributed by atoms with Crippen LogP contribution in [-0.4, -0.2) is 18.5 Å². The monoisotopic (exact) mass is 225 g/mol. The summed E-state index contributed by atoms with van der Waals surface area (Å²) in [5.41, 5.74) is 0.298. The maximum Gasteiger partial charge on any atom is 0.354 e. The summed E-state index contributed by atoms with van der Waals surface area (Å²) in [6.07, 6.45) is 2.43. The molecule has 1 atom stereocenters. The Morgan fingerprint density at radius 3 is 2.44 bits per heavy atom. The van der Waals surface area contributed by atoms with Gasteiger partial charge in [0.1, 0.15) is 5.70 Å². The molecule has 0 aromatic rings. The first kappa shape index (κ1) is 12.7. The van der Waals surface area contributed by atoms with Crippen LogP contribution in [-0.2, 0) is 14.3 Å². The van der Waals surface area contributed by atoms with Gasteiger partial charge in [0.2, 0.25) is 5.91 Å². The molecule has 0 spiro atoms. The molecule has 0 aliphatic heterocycles. The molecule has 0 radical (unpaired) electrons. The molecule has 1 fully saturated rings. The number of hydrogen-bond acceptors (Lipinski definition) is 3. The van der Waals surface area contributed by atoms with Crippen LogP contribution in [0.5, 0.6) is 0 Å². The maximum absolute atomic E-state index is 11.7. The Hall–Kier alpha value is -1.32. The molecular formula is C12H19NO3. The van der Waals surface area contributed by atoms with Crippen molar-refractivity contribution in [1.82, 2.24) is 5.32 Å². The van der Waals surface area contributed by atoms with Gasteiger partial charge in [-0.05, 0) is 25.7 Å². The average molecular weight is 225 g/mol. The SMILES string of the molecule is CC=C(NC(=O)C1CC1(C)C)C(=O)OCC. The molecule has 1 rings (SSSR count). The van der Waals surface area contributed by atoms with Gasteiger partial charge in [0.25, 0.3) is 0 Å². The van der Waals surface area contributed by atoms with Gasteiger partial charge in [-0.2, -0.15) is 0 Å². The fraction of sp³-hybridized carbons (Fsp3) is 0.667. The average Bonchev–Trinajstić information content (AvgIpc) is 2.84. The molecule has 90 valence electrons. The lowest BCUT2D eigenvalue weighted by Crippen LogP contribution is -2.30. The summed E-state index contributed by atoms with van der Waals surface area (Å²) in [6, 6.07) is 0. The topological polar surface area (TPSA) is 55.4 Å². The third-order valence-corrected chi connectivity index (χ3v) is 2.87. The number of carbonyl (C=O) groups is 2. The molecule has 1 amide bonds.